The summed E-state index contributed by atoms with van der Waals surface area (Å²) in [6, 6.07) is 3.89. The van der Waals surface area contributed by atoms with Crippen LogP contribution >= 0.6 is 0 Å². The minimum Gasteiger partial charge on any atom is -0.478 e. The number of hydrogen-bond acceptors (Lipinski definition) is 4. The fourth-order valence-corrected chi connectivity index (χ4v) is 2.68. The van der Waals surface area contributed by atoms with Crippen LogP contribution in [0.3, 0.4) is 0 Å². The van der Waals surface area contributed by atoms with Crippen molar-refractivity contribution in [3.05, 3.63) is 30.0 Å². The summed E-state index contributed by atoms with van der Waals surface area (Å²) in [5, 5.41) is 8.60. The molecule has 1 aliphatic carbocycles. The summed E-state index contributed by atoms with van der Waals surface area (Å²) in [6.45, 7) is 5.52. The Labute approximate surface area is 124 Å². The van der Waals surface area contributed by atoms with Gasteiger partial charge in [0.2, 0.25) is 0 Å². The molecule has 0 amide bonds. The summed E-state index contributed by atoms with van der Waals surface area (Å²) in [6.07, 6.45) is 7.24. The second-order valence-corrected chi connectivity index (χ2v) is 5.85. The highest BCUT2D eigenvalue weighted by Gasteiger charge is 2.26. The number of aliphatic carboxylic acids is 1. The van der Waals surface area contributed by atoms with Gasteiger partial charge in [-0.15, -0.1) is 0 Å². The van der Waals surface area contributed by atoms with Crippen molar-refractivity contribution in [1.82, 2.24) is 9.88 Å². The van der Waals surface area contributed by atoms with Crippen molar-refractivity contribution in [3.63, 3.8) is 0 Å². The smallest absolute Gasteiger partial charge is 0.328 e. The lowest BCUT2D eigenvalue weighted by Gasteiger charge is -2.35. The van der Waals surface area contributed by atoms with Gasteiger partial charge < -0.3 is 10.0 Å². The number of carboxylic acids is 1. The number of pyridine rings is 1. The van der Waals surface area contributed by atoms with Crippen molar-refractivity contribution < 1.29 is 9.90 Å². The quantitative estimate of drug-likeness (QED) is 0.836. The number of carboxylic acid groups (broad SMARTS) is 1. The predicted octanol–water partition coefficient (Wildman–Crippen LogP) is 1.71. The molecule has 1 aromatic rings. The SMILES string of the molecule is O=C(O)/C=C/c1ccc(N2CCN(CC3CC3)CC2)nc1. The third kappa shape index (κ3) is 4.04. The first kappa shape index (κ1) is 14.1. The zero-order valence-corrected chi connectivity index (χ0v) is 12.1. The van der Waals surface area contributed by atoms with E-state index in [1.165, 1.54) is 19.4 Å². The van der Waals surface area contributed by atoms with Crippen LogP contribution in [0.15, 0.2) is 24.4 Å². The van der Waals surface area contributed by atoms with Gasteiger partial charge in [0.15, 0.2) is 0 Å². The van der Waals surface area contributed by atoms with Crippen LogP contribution in [-0.4, -0.2) is 53.7 Å². The van der Waals surface area contributed by atoms with Crippen LogP contribution < -0.4 is 4.90 Å². The van der Waals surface area contributed by atoms with Gasteiger partial charge in [-0.05, 0) is 42.5 Å². The monoisotopic (exact) mass is 287 g/mol. The molecule has 2 heterocycles. The molecule has 21 heavy (non-hydrogen) atoms. The first-order valence-corrected chi connectivity index (χ1v) is 7.55. The Morgan fingerprint density at radius 1 is 1.29 bits per heavy atom. The molecular weight excluding hydrogens is 266 g/mol. The van der Waals surface area contributed by atoms with Crippen LogP contribution in [0, 0.1) is 5.92 Å². The first-order valence-electron chi connectivity index (χ1n) is 7.55. The van der Waals surface area contributed by atoms with E-state index in [9.17, 15) is 4.79 Å². The van der Waals surface area contributed by atoms with Crippen molar-refractivity contribution >= 4 is 17.9 Å². The molecule has 1 aliphatic heterocycles. The number of aromatic nitrogens is 1. The molecule has 1 saturated carbocycles. The van der Waals surface area contributed by atoms with Crippen molar-refractivity contribution in [1.29, 1.82) is 0 Å². The minimum atomic E-state index is -0.939. The lowest BCUT2D eigenvalue weighted by atomic mass is 10.2. The van der Waals surface area contributed by atoms with Crippen LogP contribution in [0.5, 0.6) is 0 Å². The Hall–Kier alpha value is -1.88. The average molecular weight is 287 g/mol. The van der Waals surface area contributed by atoms with E-state index < -0.39 is 5.97 Å². The molecule has 0 bridgehead atoms. The Morgan fingerprint density at radius 2 is 2.05 bits per heavy atom. The summed E-state index contributed by atoms with van der Waals surface area (Å²) in [5.41, 5.74) is 0.813. The normalized spacial score (nSPS) is 20.1. The maximum Gasteiger partial charge on any atom is 0.328 e. The molecule has 1 aromatic heterocycles. The van der Waals surface area contributed by atoms with Crippen molar-refractivity contribution in [2.75, 3.05) is 37.6 Å². The number of anilines is 1. The zero-order chi connectivity index (χ0) is 14.7. The van der Waals surface area contributed by atoms with Crippen LogP contribution in [-0.2, 0) is 4.79 Å². The number of carbonyl (C=O) groups is 1. The molecule has 2 aliphatic rings. The van der Waals surface area contributed by atoms with Crippen molar-refractivity contribution in [3.8, 4) is 0 Å². The molecule has 0 atom stereocenters. The fourth-order valence-electron chi connectivity index (χ4n) is 2.68. The van der Waals surface area contributed by atoms with Crippen LogP contribution in [0.2, 0.25) is 0 Å². The molecule has 1 saturated heterocycles. The summed E-state index contributed by atoms with van der Waals surface area (Å²) in [4.78, 5) is 19.8. The van der Waals surface area contributed by atoms with Gasteiger partial charge in [0.25, 0.3) is 0 Å². The van der Waals surface area contributed by atoms with E-state index in [1.54, 1.807) is 12.3 Å². The van der Waals surface area contributed by atoms with Gasteiger partial charge >= 0.3 is 5.97 Å². The van der Waals surface area contributed by atoms with Gasteiger partial charge in [-0.1, -0.05) is 0 Å². The van der Waals surface area contributed by atoms with Gasteiger partial charge in [-0.2, -0.15) is 0 Å². The first-order chi connectivity index (χ1) is 10.2. The van der Waals surface area contributed by atoms with Crippen LogP contribution in [0.25, 0.3) is 6.08 Å². The van der Waals surface area contributed by atoms with Gasteiger partial charge in [0.1, 0.15) is 5.82 Å². The lowest BCUT2D eigenvalue weighted by molar-refractivity contribution is -0.131. The van der Waals surface area contributed by atoms with Crippen molar-refractivity contribution in [2.24, 2.45) is 5.92 Å². The molecule has 0 unspecified atom stereocenters. The Morgan fingerprint density at radius 3 is 2.62 bits per heavy atom. The topological polar surface area (TPSA) is 56.7 Å². The highest BCUT2D eigenvalue weighted by atomic mass is 16.4. The van der Waals surface area contributed by atoms with Gasteiger partial charge in [-0.25, -0.2) is 9.78 Å². The molecule has 2 fully saturated rings. The molecule has 0 spiro atoms. The molecular formula is C16H21N3O2. The predicted molar refractivity (Wildman–Crippen MR) is 82.3 cm³/mol. The van der Waals surface area contributed by atoms with Crippen molar-refractivity contribution in [2.45, 2.75) is 12.8 Å². The van der Waals surface area contributed by atoms with E-state index in [2.05, 4.69) is 14.8 Å². The van der Waals surface area contributed by atoms with Gasteiger partial charge in [0.05, 0.1) is 0 Å². The van der Waals surface area contributed by atoms with Crippen LogP contribution in [0.1, 0.15) is 18.4 Å². The third-order valence-corrected chi connectivity index (χ3v) is 4.10. The van der Waals surface area contributed by atoms with E-state index >= 15 is 0 Å². The second kappa shape index (κ2) is 6.26. The third-order valence-electron chi connectivity index (χ3n) is 4.10. The number of hydrogen-bond donors (Lipinski definition) is 1. The molecule has 112 valence electrons. The summed E-state index contributed by atoms with van der Waals surface area (Å²) in [5.74, 6) is 0.995. The average Bonchev–Trinajstić information content (AvgIpc) is 3.30. The van der Waals surface area contributed by atoms with E-state index in [0.29, 0.717) is 0 Å². The fraction of sp³-hybridized carbons (Fsp3) is 0.500. The number of rotatable bonds is 5. The minimum absolute atomic E-state index is 0.813. The van der Waals surface area contributed by atoms with E-state index in [0.717, 1.165) is 49.6 Å². The highest BCUT2D eigenvalue weighted by Crippen LogP contribution is 2.30. The Kier molecular flexibility index (Phi) is 4.20. The maximum atomic E-state index is 10.5. The number of nitrogens with zero attached hydrogens (tertiary/aromatic N) is 3. The number of piperazine rings is 1. The largest absolute Gasteiger partial charge is 0.478 e. The van der Waals surface area contributed by atoms with E-state index in [-0.39, 0.29) is 0 Å². The highest BCUT2D eigenvalue weighted by molar-refractivity contribution is 5.85. The van der Waals surface area contributed by atoms with E-state index in [1.807, 2.05) is 12.1 Å². The second-order valence-electron chi connectivity index (χ2n) is 5.85. The molecule has 0 aromatic carbocycles. The van der Waals surface area contributed by atoms with E-state index in [4.69, 9.17) is 5.11 Å². The van der Waals surface area contributed by atoms with Crippen LogP contribution in [0.4, 0.5) is 5.82 Å². The molecule has 1 N–H and O–H groups in total. The van der Waals surface area contributed by atoms with Gasteiger partial charge in [-0.3, -0.25) is 4.90 Å². The Bertz CT molecular complexity index is 515. The maximum absolute atomic E-state index is 10.5. The molecule has 5 heteroatoms. The standard InChI is InChI=1S/C16H21N3O2/c20-16(21)6-4-13-3-5-15(17-11-13)19-9-7-18(8-10-19)12-14-1-2-14/h3-6,11,14H,1-2,7-10,12H2,(H,20,21)/b6-4+. The summed E-state index contributed by atoms with van der Waals surface area (Å²) in [7, 11) is 0. The lowest BCUT2D eigenvalue weighted by Crippen LogP contribution is -2.47. The zero-order valence-electron chi connectivity index (χ0n) is 12.1. The molecule has 3 rings (SSSR count). The van der Waals surface area contributed by atoms with Gasteiger partial charge in [0, 0.05) is 45.0 Å². The summed E-state index contributed by atoms with van der Waals surface area (Å²) >= 11 is 0. The Balaban J connectivity index is 1.53. The molecule has 0 radical (unpaired) electrons. The molecule has 5 nitrogen and oxygen atoms in total. The summed E-state index contributed by atoms with van der Waals surface area (Å²) < 4.78 is 0.